The zero-order valence-corrected chi connectivity index (χ0v) is 13.9. The normalized spacial score (nSPS) is 29.4. The summed E-state index contributed by atoms with van der Waals surface area (Å²) in [4.78, 5) is 5.32. The molecule has 0 saturated carbocycles. The van der Waals surface area contributed by atoms with Crippen LogP contribution in [-0.2, 0) is 0 Å². The van der Waals surface area contributed by atoms with E-state index in [1.165, 1.54) is 64.7 Å². The van der Waals surface area contributed by atoms with E-state index < -0.39 is 0 Å². The minimum Gasteiger partial charge on any atom is -0.330 e. The molecule has 0 spiro atoms. The zero-order chi connectivity index (χ0) is 14.6. The van der Waals surface area contributed by atoms with Gasteiger partial charge in [0.1, 0.15) is 0 Å². The fourth-order valence-corrected chi connectivity index (χ4v) is 3.97. The number of nitrogens with zero attached hydrogens (tertiary/aromatic N) is 2. The van der Waals surface area contributed by atoms with Crippen LogP contribution in [0.3, 0.4) is 0 Å². The quantitative estimate of drug-likeness (QED) is 0.760. The lowest BCUT2D eigenvalue weighted by molar-refractivity contribution is 0.0377. The van der Waals surface area contributed by atoms with Crippen molar-refractivity contribution in [3.8, 4) is 0 Å². The largest absolute Gasteiger partial charge is 0.330 e. The molecule has 2 atom stereocenters. The summed E-state index contributed by atoms with van der Waals surface area (Å²) in [5.74, 6) is 0.933. The Bertz CT molecular complexity index is 290. The molecule has 118 valence electrons. The molecule has 2 fully saturated rings. The summed E-state index contributed by atoms with van der Waals surface area (Å²) in [6.07, 6.45) is 8.18. The molecule has 3 heteroatoms. The highest BCUT2D eigenvalue weighted by atomic mass is 15.2. The van der Waals surface area contributed by atoms with Crippen molar-refractivity contribution in [1.29, 1.82) is 0 Å². The fraction of sp³-hybridized carbons (Fsp3) is 1.00. The lowest BCUT2D eigenvalue weighted by Crippen LogP contribution is -2.52. The summed E-state index contributed by atoms with van der Waals surface area (Å²) in [7, 11) is 2.32. The SMILES string of the molecule is CN1CCCC2CN(CCCCC(C)(C)CN)CCC21. The van der Waals surface area contributed by atoms with Gasteiger partial charge in [0.2, 0.25) is 0 Å². The maximum absolute atomic E-state index is 5.80. The van der Waals surface area contributed by atoms with Crippen molar-refractivity contribution in [3.05, 3.63) is 0 Å². The second-order valence-corrected chi connectivity index (χ2v) is 7.86. The predicted octanol–water partition coefficient (Wildman–Crippen LogP) is 2.56. The first-order chi connectivity index (χ1) is 9.52. The van der Waals surface area contributed by atoms with Gasteiger partial charge in [-0.15, -0.1) is 0 Å². The van der Waals surface area contributed by atoms with Gasteiger partial charge in [-0.1, -0.05) is 20.3 Å². The number of fused-ring (bicyclic) bond motifs is 1. The molecule has 0 aliphatic carbocycles. The van der Waals surface area contributed by atoms with Gasteiger partial charge < -0.3 is 15.5 Å². The second kappa shape index (κ2) is 7.24. The molecule has 20 heavy (non-hydrogen) atoms. The van der Waals surface area contributed by atoms with Crippen LogP contribution in [0.1, 0.15) is 52.4 Å². The molecule has 2 aliphatic heterocycles. The van der Waals surface area contributed by atoms with Gasteiger partial charge in [0.05, 0.1) is 0 Å². The van der Waals surface area contributed by atoms with Crippen LogP contribution in [0.2, 0.25) is 0 Å². The van der Waals surface area contributed by atoms with E-state index in [4.69, 9.17) is 5.73 Å². The number of nitrogens with two attached hydrogens (primary N) is 1. The molecular weight excluding hydrogens is 246 g/mol. The van der Waals surface area contributed by atoms with Crippen LogP contribution in [0, 0.1) is 11.3 Å². The third kappa shape index (κ3) is 4.44. The topological polar surface area (TPSA) is 32.5 Å². The average molecular weight is 281 g/mol. The van der Waals surface area contributed by atoms with Crippen LogP contribution >= 0.6 is 0 Å². The van der Waals surface area contributed by atoms with Gasteiger partial charge >= 0.3 is 0 Å². The maximum Gasteiger partial charge on any atom is 0.0145 e. The Morgan fingerprint density at radius 1 is 1.15 bits per heavy atom. The molecule has 2 aliphatic rings. The number of likely N-dealkylation sites (tertiary alicyclic amines) is 2. The Labute approximate surface area is 125 Å². The van der Waals surface area contributed by atoms with Gasteiger partial charge in [-0.2, -0.15) is 0 Å². The molecule has 0 bridgehead atoms. The standard InChI is InChI=1S/C17H35N3/c1-17(2,14-18)9-4-5-11-20-12-8-16-15(13-20)7-6-10-19(16)3/h15-16H,4-14,18H2,1-3H3. The monoisotopic (exact) mass is 281 g/mol. The molecule has 2 unspecified atom stereocenters. The van der Waals surface area contributed by atoms with Gasteiger partial charge in [-0.05, 0) is 76.7 Å². The van der Waals surface area contributed by atoms with E-state index in [9.17, 15) is 0 Å². The molecule has 2 N–H and O–H groups in total. The van der Waals surface area contributed by atoms with E-state index in [0.29, 0.717) is 5.41 Å². The van der Waals surface area contributed by atoms with Crippen LogP contribution in [0.25, 0.3) is 0 Å². The summed E-state index contributed by atoms with van der Waals surface area (Å²) in [5, 5.41) is 0. The lowest BCUT2D eigenvalue weighted by Gasteiger charge is -2.46. The van der Waals surface area contributed by atoms with E-state index in [1.54, 1.807) is 0 Å². The summed E-state index contributed by atoms with van der Waals surface area (Å²) >= 11 is 0. The van der Waals surface area contributed by atoms with Gasteiger partial charge in [0.25, 0.3) is 0 Å². The summed E-state index contributed by atoms with van der Waals surface area (Å²) in [6.45, 7) is 10.7. The van der Waals surface area contributed by atoms with Crippen LogP contribution in [-0.4, -0.2) is 55.6 Å². The highest BCUT2D eigenvalue weighted by Gasteiger charge is 2.33. The first-order valence-corrected chi connectivity index (χ1v) is 8.64. The van der Waals surface area contributed by atoms with E-state index in [1.807, 2.05) is 0 Å². The van der Waals surface area contributed by atoms with Gasteiger partial charge in [-0.3, -0.25) is 0 Å². The molecule has 2 heterocycles. The fourth-order valence-electron chi connectivity index (χ4n) is 3.97. The third-order valence-corrected chi connectivity index (χ3v) is 5.56. The van der Waals surface area contributed by atoms with E-state index in [0.717, 1.165) is 18.5 Å². The first kappa shape index (κ1) is 16.3. The van der Waals surface area contributed by atoms with Gasteiger partial charge in [-0.25, -0.2) is 0 Å². The van der Waals surface area contributed by atoms with Crippen LogP contribution in [0.15, 0.2) is 0 Å². The van der Waals surface area contributed by atoms with Crippen LogP contribution < -0.4 is 5.73 Å². The van der Waals surface area contributed by atoms with Gasteiger partial charge in [0.15, 0.2) is 0 Å². The predicted molar refractivity (Wildman–Crippen MR) is 86.9 cm³/mol. The Balaban J connectivity index is 1.66. The Hall–Kier alpha value is -0.120. The molecule has 2 rings (SSSR count). The Morgan fingerprint density at radius 2 is 1.95 bits per heavy atom. The van der Waals surface area contributed by atoms with Crippen molar-refractivity contribution in [2.75, 3.05) is 39.8 Å². The van der Waals surface area contributed by atoms with Crippen molar-refractivity contribution in [2.45, 2.75) is 58.4 Å². The minimum absolute atomic E-state index is 0.332. The second-order valence-electron chi connectivity index (χ2n) is 7.86. The van der Waals surface area contributed by atoms with E-state index in [-0.39, 0.29) is 0 Å². The molecule has 0 aromatic carbocycles. The smallest absolute Gasteiger partial charge is 0.0145 e. The number of unbranched alkanes of at least 4 members (excludes halogenated alkanes) is 1. The molecule has 0 aromatic heterocycles. The van der Waals surface area contributed by atoms with Crippen molar-refractivity contribution < 1.29 is 0 Å². The maximum atomic E-state index is 5.80. The number of piperidine rings is 2. The lowest BCUT2D eigenvalue weighted by atomic mass is 9.84. The van der Waals surface area contributed by atoms with Crippen LogP contribution in [0.5, 0.6) is 0 Å². The minimum atomic E-state index is 0.332. The van der Waals surface area contributed by atoms with Gasteiger partial charge in [0, 0.05) is 12.6 Å². The van der Waals surface area contributed by atoms with Crippen molar-refractivity contribution in [1.82, 2.24) is 9.80 Å². The molecule has 2 saturated heterocycles. The zero-order valence-electron chi connectivity index (χ0n) is 13.9. The Morgan fingerprint density at radius 3 is 2.70 bits per heavy atom. The molecule has 0 aromatic rings. The highest BCUT2D eigenvalue weighted by Crippen LogP contribution is 2.29. The first-order valence-electron chi connectivity index (χ1n) is 8.64. The molecular formula is C17H35N3. The van der Waals surface area contributed by atoms with Crippen molar-refractivity contribution in [3.63, 3.8) is 0 Å². The average Bonchev–Trinajstić information content (AvgIpc) is 2.44. The molecule has 3 nitrogen and oxygen atoms in total. The Kier molecular flexibility index (Phi) is 5.88. The van der Waals surface area contributed by atoms with Crippen molar-refractivity contribution >= 4 is 0 Å². The third-order valence-electron chi connectivity index (χ3n) is 5.56. The summed E-state index contributed by atoms with van der Waals surface area (Å²) in [5.41, 5.74) is 6.13. The molecule has 0 amide bonds. The van der Waals surface area contributed by atoms with E-state index >= 15 is 0 Å². The summed E-state index contributed by atoms with van der Waals surface area (Å²) in [6, 6.07) is 0.871. The number of rotatable bonds is 6. The number of hydrogen-bond donors (Lipinski definition) is 1. The van der Waals surface area contributed by atoms with Crippen molar-refractivity contribution in [2.24, 2.45) is 17.1 Å². The highest BCUT2D eigenvalue weighted by molar-refractivity contribution is 4.89. The van der Waals surface area contributed by atoms with Crippen LogP contribution in [0.4, 0.5) is 0 Å². The molecule has 0 radical (unpaired) electrons. The number of hydrogen-bond acceptors (Lipinski definition) is 3. The summed E-state index contributed by atoms with van der Waals surface area (Å²) < 4.78 is 0. The van der Waals surface area contributed by atoms with E-state index in [2.05, 4.69) is 30.7 Å².